The van der Waals surface area contributed by atoms with Crippen LogP contribution >= 0.6 is 7.82 Å². The van der Waals surface area contributed by atoms with Crippen molar-refractivity contribution < 1.29 is 62.8 Å². The van der Waals surface area contributed by atoms with E-state index < -0.39 is 76.0 Å². The van der Waals surface area contributed by atoms with Gasteiger partial charge in [0, 0.05) is 12.8 Å². The average molecular weight is 828 g/mol. The number of rotatable bonds is 36. The van der Waals surface area contributed by atoms with Crippen molar-refractivity contribution in [2.24, 2.45) is 5.73 Å². The number of carbonyl (C=O) groups excluding carboxylic acids is 2. The lowest BCUT2D eigenvalue weighted by Crippen LogP contribution is -2.34. The maximum Gasteiger partial charge on any atom is 0.472 e. The van der Waals surface area contributed by atoms with Gasteiger partial charge in [0.2, 0.25) is 0 Å². The van der Waals surface area contributed by atoms with Gasteiger partial charge in [-0.1, -0.05) is 125 Å². The lowest BCUT2D eigenvalue weighted by atomic mass is 10.1. The zero-order chi connectivity index (χ0) is 42.6. The topological polar surface area (TPSA) is 232 Å². The Balaban J connectivity index is 4.79. The number of carboxylic acids is 1. The van der Waals surface area contributed by atoms with Gasteiger partial charge in [-0.15, -0.1) is 0 Å². The van der Waals surface area contributed by atoms with E-state index in [0.29, 0.717) is 12.8 Å². The van der Waals surface area contributed by atoms with Crippen molar-refractivity contribution in [2.75, 3.05) is 19.8 Å². The molecule has 7 N–H and O–H groups in total. The van der Waals surface area contributed by atoms with Crippen molar-refractivity contribution in [3.05, 3.63) is 72.9 Å². The quantitative estimate of drug-likeness (QED) is 0.0122. The lowest BCUT2D eigenvalue weighted by molar-refractivity contribution is -0.161. The monoisotopic (exact) mass is 827 g/mol. The number of hydrogen-bond donors (Lipinski definition) is 6. The minimum absolute atomic E-state index is 0.0419. The van der Waals surface area contributed by atoms with Crippen molar-refractivity contribution in [3.8, 4) is 0 Å². The van der Waals surface area contributed by atoms with Crippen LogP contribution in [0.3, 0.4) is 0 Å². The van der Waals surface area contributed by atoms with E-state index in [1.165, 1.54) is 31.8 Å². The predicted octanol–water partition coefficient (Wildman–Crippen LogP) is 7.08. The molecule has 0 bridgehead atoms. The number of aliphatic carboxylic acids is 1. The minimum atomic E-state index is -4.82. The maximum atomic E-state index is 12.6. The van der Waals surface area contributed by atoms with Crippen LogP contribution in [0.2, 0.25) is 0 Å². The first-order valence-corrected chi connectivity index (χ1v) is 21.8. The van der Waals surface area contributed by atoms with Crippen LogP contribution in [0.5, 0.6) is 0 Å². The SMILES string of the molecule is CC/C=C\C[C@H](O)/C=C/C=C/C=C\C=C/[C@@H](O)[C@H](O)CCCC(=O)O[C@H](COC(=O)CCCCCCC/C=C\CCCCCC)COP(=O)(O)OC[C@H](N)C(=O)O. The van der Waals surface area contributed by atoms with Gasteiger partial charge in [0.05, 0.1) is 31.5 Å². The van der Waals surface area contributed by atoms with Gasteiger partial charge in [0.1, 0.15) is 12.6 Å². The lowest BCUT2D eigenvalue weighted by Gasteiger charge is -2.20. The maximum absolute atomic E-state index is 12.6. The molecule has 15 heteroatoms. The van der Waals surface area contributed by atoms with Crippen molar-refractivity contribution >= 4 is 25.7 Å². The average Bonchev–Trinajstić information content (AvgIpc) is 3.17. The van der Waals surface area contributed by atoms with Gasteiger partial charge in [-0.25, -0.2) is 4.57 Å². The molecule has 0 aromatic carbocycles. The summed E-state index contributed by atoms with van der Waals surface area (Å²) in [6.07, 6.45) is 30.6. The molecule has 0 aromatic heterocycles. The summed E-state index contributed by atoms with van der Waals surface area (Å²) >= 11 is 0. The first kappa shape index (κ1) is 53.8. The summed E-state index contributed by atoms with van der Waals surface area (Å²) in [5, 5.41) is 39.3. The van der Waals surface area contributed by atoms with Crippen molar-refractivity contribution in [3.63, 3.8) is 0 Å². The number of carboxylic acid groups (broad SMARTS) is 1. The predicted molar refractivity (Wildman–Crippen MR) is 221 cm³/mol. The molecule has 0 saturated carbocycles. The van der Waals surface area contributed by atoms with E-state index in [9.17, 15) is 39.2 Å². The van der Waals surface area contributed by atoms with Gasteiger partial charge >= 0.3 is 25.7 Å². The van der Waals surface area contributed by atoms with Crippen molar-refractivity contribution in [1.82, 2.24) is 0 Å². The van der Waals surface area contributed by atoms with Gasteiger partial charge in [-0.3, -0.25) is 23.4 Å². The summed E-state index contributed by atoms with van der Waals surface area (Å²) in [5.74, 6) is -2.78. The summed E-state index contributed by atoms with van der Waals surface area (Å²) in [7, 11) is -4.82. The van der Waals surface area contributed by atoms with Crippen molar-refractivity contribution in [1.29, 1.82) is 0 Å². The van der Waals surface area contributed by atoms with Crippen LogP contribution in [-0.2, 0) is 37.5 Å². The van der Waals surface area contributed by atoms with Crippen molar-refractivity contribution in [2.45, 2.75) is 153 Å². The smallest absolute Gasteiger partial charge is 0.472 e. The number of phosphoric acid groups is 1. The number of allylic oxidation sites excluding steroid dienone is 9. The summed E-state index contributed by atoms with van der Waals surface area (Å²) in [6, 6.07) is -1.58. The van der Waals surface area contributed by atoms with E-state index in [1.807, 2.05) is 19.1 Å². The molecule has 0 heterocycles. The molecule has 326 valence electrons. The number of carbonyl (C=O) groups is 3. The highest BCUT2D eigenvalue weighted by Gasteiger charge is 2.28. The number of aliphatic hydroxyl groups is 3. The largest absolute Gasteiger partial charge is 0.480 e. The fourth-order valence-corrected chi connectivity index (χ4v) is 5.71. The van der Waals surface area contributed by atoms with E-state index in [-0.39, 0.29) is 25.7 Å². The Morgan fingerprint density at radius 2 is 1.26 bits per heavy atom. The molecule has 0 radical (unpaired) electrons. The van der Waals surface area contributed by atoms with E-state index in [0.717, 1.165) is 44.9 Å². The molecule has 0 aliphatic heterocycles. The third-order valence-electron chi connectivity index (χ3n) is 8.28. The zero-order valence-electron chi connectivity index (χ0n) is 34.0. The summed E-state index contributed by atoms with van der Waals surface area (Å²) < 4.78 is 32.3. The molecule has 57 heavy (non-hydrogen) atoms. The fraction of sp³-hybridized carbons (Fsp3) is 0.643. The van der Waals surface area contributed by atoms with Gasteiger partial charge in [0.25, 0.3) is 0 Å². The summed E-state index contributed by atoms with van der Waals surface area (Å²) in [4.78, 5) is 45.9. The Bertz CT molecular complexity index is 1300. The van der Waals surface area contributed by atoms with Crippen LogP contribution in [0.15, 0.2) is 72.9 Å². The van der Waals surface area contributed by atoms with Crippen LogP contribution in [0.4, 0.5) is 0 Å². The number of ether oxygens (including phenoxy) is 2. The molecule has 0 rings (SSSR count). The Kier molecular flexibility index (Phi) is 33.9. The number of unbranched alkanes of at least 4 members (excludes halogenated alkanes) is 9. The second-order valence-corrected chi connectivity index (χ2v) is 15.1. The number of nitrogens with two attached hydrogens (primary N) is 1. The zero-order valence-corrected chi connectivity index (χ0v) is 34.9. The van der Waals surface area contributed by atoms with Gasteiger partial charge in [0.15, 0.2) is 6.10 Å². The third kappa shape index (κ3) is 34.5. The third-order valence-corrected chi connectivity index (χ3v) is 9.23. The molecule has 0 aliphatic rings. The van der Waals surface area contributed by atoms with E-state index in [2.05, 4.69) is 23.6 Å². The summed E-state index contributed by atoms with van der Waals surface area (Å²) in [6.45, 7) is 2.20. The molecule has 1 unspecified atom stereocenters. The summed E-state index contributed by atoms with van der Waals surface area (Å²) in [5.41, 5.74) is 5.30. The molecule has 0 amide bonds. The number of aliphatic hydroxyl groups excluding tert-OH is 3. The second kappa shape index (κ2) is 35.9. The first-order chi connectivity index (χ1) is 27.3. The number of esters is 2. The Morgan fingerprint density at radius 1 is 0.684 bits per heavy atom. The molecule has 0 aliphatic carbocycles. The molecular weight excluding hydrogens is 757 g/mol. The molecule has 0 spiro atoms. The van der Waals surface area contributed by atoms with E-state index in [4.69, 9.17) is 24.8 Å². The van der Waals surface area contributed by atoms with Gasteiger partial charge in [-0.2, -0.15) is 0 Å². The van der Waals surface area contributed by atoms with Crippen LogP contribution in [0.25, 0.3) is 0 Å². The molecule has 14 nitrogen and oxygen atoms in total. The van der Waals surface area contributed by atoms with E-state index in [1.54, 1.807) is 42.5 Å². The normalized spacial score (nSPS) is 16.2. The first-order valence-electron chi connectivity index (χ1n) is 20.3. The molecule has 0 fully saturated rings. The molecule has 6 atom stereocenters. The highest BCUT2D eigenvalue weighted by Crippen LogP contribution is 2.43. The van der Waals surface area contributed by atoms with Crippen LogP contribution in [0, 0.1) is 0 Å². The molecule has 0 aromatic rings. The van der Waals surface area contributed by atoms with Gasteiger partial charge in [-0.05, 0) is 57.8 Å². The van der Waals surface area contributed by atoms with Crippen LogP contribution < -0.4 is 5.73 Å². The molecule has 0 saturated heterocycles. The standard InChI is InChI=1S/C42H70NO13P/c1-3-5-7-8-9-10-11-12-13-14-15-20-24-30-40(47)53-32-36(33-54-57(51,52)55-34-37(43)42(49)50)56-41(48)31-25-29-39(46)38(45)28-23-19-17-16-18-22-27-35(44)26-21-6-4-2/h6,10-11,16-19,21-23,27-28,35-39,44-46H,3-5,7-9,12-15,20,24-26,29-34,43H2,1-2H3,(H,49,50)(H,51,52)/b11-10-,18-16+,19-17-,21-6-,27-22+,28-23-/t35-,36+,37-,38+,39+/m0/s1. The van der Waals surface area contributed by atoms with E-state index >= 15 is 0 Å². The van der Waals surface area contributed by atoms with Gasteiger partial charge < -0.3 is 40.5 Å². The van der Waals surface area contributed by atoms with Crippen LogP contribution in [-0.4, -0.2) is 93.5 Å². The second-order valence-electron chi connectivity index (χ2n) is 13.6. The Hall–Kier alpha value is -3.20. The highest BCUT2D eigenvalue weighted by molar-refractivity contribution is 7.47. The molecular formula is C42H70NO13P. The minimum Gasteiger partial charge on any atom is -0.480 e. The van der Waals surface area contributed by atoms with Crippen LogP contribution in [0.1, 0.15) is 123 Å². The fourth-order valence-electron chi connectivity index (χ4n) is 4.93. The highest BCUT2D eigenvalue weighted by atomic mass is 31.2. The Morgan fingerprint density at radius 3 is 1.91 bits per heavy atom. The number of phosphoric ester groups is 1. The Labute approximate surface area is 339 Å². The number of hydrogen-bond acceptors (Lipinski definition) is 12.